The Morgan fingerprint density at radius 2 is 2.08 bits per heavy atom. The van der Waals surface area contributed by atoms with Crippen molar-refractivity contribution in [2.75, 3.05) is 32.8 Å². The summed E-state index contributed by atoms with van der Waals surface area (Å²) in [7, 11) is 0. The van der Waals surface area contributed by atoms with Crippen molar-refractivity contribution in [1.82, 2.24) is 9.80 Å². The maximum Gasteiger partial charge on any atom is 0.308 e. The smallest absolute Gasteiger partial charge is 0.308 e. The van der Waals surface area contributed by atoms with Crippen molar-refractivity contribution in [2.45, 2.75) is 26.3 Å². The molecule has 2 aliphatic heterocycles. The van der Waals surface area contributed by atoms with Gasteiger partial charge >= 0.3 is 5.97 Å². The van der Waals surface area contributed by atoms with Crippen molar-refractivity contribution in [3.63, 3.8) is 0 Å². The van der Waals surface area contributed by atoms with Gasteiger partial charge in [0.15, 0.2) is 0 Å². The Labute approximate surface area is 148 Å². The summed E-state index contributed by atoms with van der Waals surface area (Å²) in [6.45, 7) is 5.18. The van der Waals surface area contributed by atoms with Gasteiger partial charge < -0.3 is 14.7 Å². The standard InChI is InChI=1S/C19H26N2O4/c1-2-5-14-11-21(12-16(14)19(23)24)18(22)13-20-8-9-25-17-7-4-3-6-15(17)10-20/h3-4,6-7,14,16H,2,5,8-13H2,1H3,(H,23,24)/t14-,16-/m1/s1. The van der Waals surface area contributed by atoms with Gasteiger partial charge in [0.25, 0.3) is 0 Å². The minimum Gasteiger partial charge on any atom is -0.492 e. The van der Waals surface area contributed by atoms with Gasteiger partial charge in [0.1, 0.15) is 12.4 Å². The number of amides is 1. The molecule has 1 N–H and O–H groups in total. The molecule has 0 saturated carbocycles. The first-order valence-corrected chi connectivity index (χ1v) is 9.02. The molecule has 1 fully saturated rings. The number of carboxylic acids is 1. The highest BCUT2D eigenvalue weighted by Gasteiger charge is 2.39. The Morgan fingerprint density at radius 1 is 1.28 bits per heavy atom. The first kappa shape index (κ1) is 17.7. The van der Waals surface area contributed by atoms with Crippen LogP contribution in [0.4, 0.5) is 0 Å². The molecular weight excluding hydrogens is 320 g/mol. The zero-order valence-corrected chi connectivity index (χ0v) is 14.7. The fourth-order valence-corrected chi connectivity index (χ4v) is 3.82. The van der Waals surface area contributed by atoms with Crippen molar-refractivity contribution in [2.24, 2.45) is 11.8 Å². The summed E-state index contributed by atoms with van der Waals surface area (Å²) in [5.41, 5.74) is 1.08. The Morgan fingerprint density at radius 3 is 2.84 bits per heavy atom. The zero-order valence-electron chi connectivity index (χ0n) is 14.7. The predicted octanol–water partition coefficient (Wildman–Crippen LogP) is 1.84. The first-order valence-electron chi connectivity index (χ1n) is 9.02. The Hall–Kier alpha value is -2.08. The number of hydrogen-bond acceptors (Lipinski definition) is 4. The first-order chi connectivity index (χ1) is 12.1. The average molecular weight is 346 g/mol. The van der Waals surface area contributed by atoms with Gasteiger partial charge in [0, 0.05) is 31.7 Å². The lowest BCUT2D eigenvalue weighted by atomic mass is 9.92. The summed E-state index contributed by atoms with van der Waals surface area (Å²) in [6.07, 6.45) is 1.79. The second-order valence-electron chi connectivity index (χ2n) is 6.96. The molecule has 0 radical (unpaired) electrons. The van der Waals surface area contributed by atoms with Gasteiger partial charge in [-0.3, -0.25) is 14.5 Å². The number of rotatable bonds is 5. The van der Waals surface area contributed by atoms with Crippen LogP contribution in [0.3, 0.4) is 0 Å². The molecule has 0 unspecified atom stereocenters. The van der Waals surface area contributed by atoms with Gasteiger partial charge in [-0.2, -0.15) is 0 Å². The van der Waals surface area contributed by atoms with Gasteiger partial charge in [-0.15, -0.1) is 0 Å². The van der Waals surface area contributed by atoms with Crippen LogP contribution in [0, 0.1) is 11.8 Å². The number of carbonyl (C=O) groups is 2. The van der Waals surface area contributed by atoms with Gasteiger partial charge in [-0.05, 0) is 18.4 Å². The summed E-state index contributed by atoms with van der Waals surface area (Å²) >= 11 is 0. The molecule has 1 aromatic carbocycles. The molecule has 0 bridgehead atoms. The molecule has 3 rings (SSSR count). The minimum atomic E-state index is -0.786. The van der Waals surface area contributed by atoms with Crippen LogP contribution < -0.4 is 4.74 Å². The molecule has 6 nitrogen and oxygen atoms in total. The van der Waals surface area contributed by atoms with Gasteiger partial charge in [-0.1, -0.05) is 31.5 Å². The van der Waals surface area contributed by atoms with E-state index in [0.29, 0.717) is 39.3 Å². The lowest BCUT2D eigenvalue weighted by molar-refractivity contribution is -0.142. The molecule has 2 aliphatic rings. The number of benzene rings is 1. The second-order valence-corrected chi connectivity index (χ2v) is 6.96. The third-order valence-corrected chi connectivity index (χ3v) is 5.16. The SMILES string of the molecule is CCC[C@@H]1CN(C(=O)CN2CCOc3ccccc3C2)C[C@H]1C(=O)O. The molecule has 2 heterocycles. The number of hydrogen-bond donors (Lipinski definition) is 1. The highest BCUT2D eigenvalue weighted by atomic mass is 16.5. The number of ether oxygens (including phenoxy) is 1. The van der Waals surface area contributed by atoms with Gasteiger partial charge in [0.2, 0.25) is 5.91 Å². The van der Waals surface area contributed by atoms with Crippen LogP contribution in [0.25, 0.3) is 0 Å². The summed E-state index contributed by atoms with van der Waals surface area (Å²) in [5.74, 6) is -0.251. The van der Waals surface area contributed by atoms with Crippen LogP contribution in [-0.4, -0.2) is 59.6 Å². The van der Waals surface area contributed by atoms with E-state index in [4.69, 9.17) is 4.74 Å². The van der Waals surface area contributed by atoms with E-state index in [9.17, 15) is 14.7 Å². The molecule has 0 aliphatic carbocycles. The zero-order chi connectivity index (χ0) is 17.8. The van der Waals surface area contributed by atoms with Crippen LogP contribution >= 0.6 is 0 Å². The lowest BCUT2D eigenvalue weighted by Crippen LogP contribution is -2.40. The molecular formula is C19H26N2O4. The van der Waals surface area contributed by atoms with Crippen molar-refractivity contribution < 1.29 is 19.4 Å². The molecule has 25 heavy (non-hydrogen) atoms. The van der Waals surface area contributed by atoms with Crippen LogP contribution in [0.5, 0.6) is 5.75 Å². The van der Waals surface area contributed by atoms with E-state index >= 15 is 0 Å². The quantitative estimate of drug-likeness (QED) is 0.881. The highest BCUT2D eigenvalue weighted by Crippen LogP contribution is 2.28. The predicted molar refractivity (Wildman–Crippen MR) is 93.3 cm³/mol. The number of aliphatic carboxylic acids is 1. The largest absolute Gasteiger partial charge is 0.492 e. The van der Waals surface area contributed by atoms with E-state index in [0.717, 1.165) is 24.2 Å². The van der Waals surface area contributed by atoms with E-state index < -0.39 is 11.9 Å². The molecule has 1 amide bonds. The van der Waals surface area contributed by atoms with Crippen molar-refractivity contribution in [1.29, 1.82) is 0 Å². The third-order valence-electron chi connectivity index (χ3n) is 5.16. The molecule has 136 valence electrons. The molecule has 1 aromatic rings. The number of carbonyl (C=O) groups excluding carboxylic acids is 1. The van der Waals surface area contributed by atoms with Crippen LogP contribution in [-0.2, 0) is 16.1 Å². The molecule has 0 aromatic heterocycles. The van der Waals surface area contributed by atoms with Gasteiger partial charge in [0.05, 0.1) is 12.5 Å². The summed E-state index contributed by atoms with van der Waals surface area (Å²) in [6, 6.07) is 7.89. The van der Waals surface area contributed by atoms with E-state index in [2.05, 4.69) is 11.8 Å². The minimum absolute atomic E-state index is 0.0178. The Kier molecular flexibility index (Phi) is 5.58. The number of para-hydroxylation sites is 1. The fraction of sp³-hybridized carbons (Fsp3) is 0.579. The maximum absolute atomic E-state index is 12.7. The normalized spacial score (nSPS) is 23.6. The van der Waals surface area contributed by atoms with E-state index in [1.807, 2.05) is 24.3 Å². The van der Waals surface area contributed by atoms with Gasteiger partial charge in [-0.25, -0.2) is 0 Å². The second kappa shape index (κ2) is 7.87. The summed E-state index contributed by atoms with van der Waals surface area (Å²) in [5, 5.41) is 9.41. The lowest BCUT2D eigenvalue weighted by Gasteiger charge is -2.23. The average Bonchev–Trinajstić information content (AvgIpc) is 2.90. The molecule has 2 atom stereocenters. The number of likely N-dealkylation sites (tertiary alicyclic amines) is 1. The number of nitrogens with zero attached hydrogens (tertiary/aromatic N) is 2. The molecule has 0 spiro atoms. The number of fused-ring (bicyclic) bond motifs is 1. The van der Waals surface area contributed by atoms with E-state index in [1.165, 1.54) is 0 Å². The summed E-state index contributed by atoms with van der Waals surface area (Å²) in [4.78, 5) is 28.0. The Balaban J connectivity index is 1.61. The Bertz CT molecular complexity index is 634. The third kappa shape index (κ3) is 4.12. The van der Waals surface area contributed by atoms with Crippen LogP contribution in [0.1, 0.15) is 25.3 Å². The summed E-state index contributed by atoms with van der Waals surface area (Å²) < 4.78 is 5.74. The fourth-order valence-electron chi connectivity index (χ4n) is 3.82. The van der Waals surface area contributed by atoms with Crippen LogP contribution in [0.15, 0.2) is 24.3 Å². The number of carboxylic acid groups (broad SMARTS) is 1. The van der Waals surface area contributed by atoms with Crippen molar-refractivity contribution in [3.8, 4) is 5.75 Å². The topological polar surface area (TPSA) is 70.1 Å². The van der Waals surface area contributed by atoms with E-state index in [-0.39, 0.29) is 11.8 Å². The van der Waals surface area contributed by atoms with Crippen molar-refractivity contribution in [3.05, 3.63) is 29.8 Å². The van der Waals surface area contributed by atoms with Crippen molar-refractivity contribution >= 4 is 11.9 Å². The molecule has 1 saturated heterocycles. The highest BCUT2D eigenvalue weighted by molar-refractivity contribution is 5.80. The maximum atomic E-state index is 12.7. The monoisotopic (exact) mass is 346 g/mol. The van der Waals surface area contributed by atoms with E-state index in [1.54, 1.807) is 4.90 Å². The molecule has 6 heteroatoms. The van der Waals surface area contributed by atoms with Crippen LogP contribution in [0.2, 0.25) is 0 Å².